The highest BCUT2D eigenvalue weighted by atomic mass is 32.1. The van der Waals surface area contributed by atoms with Crippen molar-refractivity contribution < 1.29 is 0 Å². The van der Waals surface area contributed by atoms with Gasteiger partial charge in [-0.1, -0.05) is 12.2 Å². The van der Waals surface area contributed by atoms with Gasteiger partial charge in [0.1, 0.15) is 4.99 Å². The first-order valence-electron chi connectivity index (χ1n) is 4.48. The van der Waals surface area contributed by atoms with Crippen molar-refractivity contribution in [2.75, 3.05) is 5.32 Å². The van der Waals surface area contributed by atoms with E-state index < -0.39 is 0 Å². The zero-order valence-electron chi connectivity index (χ0n) is 8.47. The van der Waals surface area contributed by atoms with Crippen molar-refractivity contribution in [3.05, 3.63) is 28.9 Å². The summed E-state index contributed by atoms with van der Waals surface area (Å²) in [6, 6.07) is 1.72. The van der Waals surface area contributed by atoms with E-state index >= 15 is 0 Å². The van der Waals surface area contributed by atoms with Crippen LogP contribution in [0.15, 0.2) is 18.5 Å². The van der Waals surface area contributed by atoms with Crippen LogP contribution in [0.4, 0.5) is 10.9 Å². The van der Waals surface area contributed by atoms with E-state index in [9.17, 15) is 0 Å². The molecule has 2 aromatic heterocycles. The summed E-state index contributed by atoms with van der Waals surface area (Å²) in [6.45, 7) is 1.98. The number of nitrogens with two attached hydrogens (primary N) is 1. The normalized spacial score (nSPS) is 10.1. The summed E-state index contributed by atoms with van der Waals surface area (Å²) in [5, 5.41) is 11.5. The molecule has 0 atom stereocenters. The molecule has 16 heavy (non-hydrogen) atoms. The summed E-state index contributed by atoms with van der Waals surface area (Å²) >= 11 is 6.45. The molecule has 2 aromatic rings. The van der Waals surface area contributed by atoms with Gasteiger partial charge >= 0.3 is 0 Å². The number of thiazole rings is 1. The third kappa shape index (κ3) is 2.31. The Hall–Kier alpha value is -1.60. The molecule has 3 N–H and O–H groups in total. The molecule has 0 amide bonds. The van der Waals surface area contributed by atoms with E-state index in [-0.39, 0.29) is 4.99 Å². The van der Waals surface area contributed by atoms with Crippen molar-refractivity contribution in [3.8, 4) is 0 Å². The average molecular weight is 251 g/mol. The highest BCUT2D eigenvalue weighted by Crippen LogP contribution is 2.22. The van der Waals surface area contributed by atoms with Crippen molar-refractivity contribution in [1.82, 2.24) is 15.2 Å². The Morgan fingerprint density at radius 1 is 1.56 bits per heavy atom. The summed E-state index contributed by atoms with van der Waals surface area (Å²) in [5.41, 5.74) is 6.24. The number of nitrogens with zero attached hydrogens (tertiary/aromatic N) is 3. The predicted molar refractivity (Wildman–Crippen MR) is 68.1 cm³/mol. The molecule has 0 fully saturated rings. The van der Waals surface area contributed by atoms with Crippen LogP contribution in [0.2, 0.25) is 0 Å². The molecule has 0 saturated heterocycles. The first kappa shape index (κ1) is 10.9. The van der Waals surface area contributed by atoms with E-state index in [1.807, 2.05) is 6.92 Å². The van der Waals surface area contributed by atoms with Crippen LogP contribution in [0.5, 0.6) is 0 Å². The molecule has 0 saturated carbocycles. The standard InChI is InChI=1S/C9H9N5S2/c1-5-4-11-9(16-5)13-8-6(7(10)15)2-3-12-14-8/h2-4H,1H3,(H2,10,15)(H,11,13,14). The minimum absolute atomic E-state index is 0.283. The quantitative estimate of drug-likeness (QED) is 0.807. The third-order valence-electron chi connectivity index (χ3n) is 1.83. The van der Waals surface area contributed by atoms with Gasteiger partial charge in [0, 0.05) is 11.1 Å². The molecule has 0 spiro atoms. The topological polar surface area (TPSA) is 76.7 Å². The summed E-state index contributed by atoms with van der Waals surface area (Å²) in [4.78, 5) is 5.56. The second kappa shape index (κ2) is 4.50. The fraction of sp³-hybridized carbons (Fsp3) is 0.111. The Bertz CT molecular complexity index is 522. The summed E-state index contributed by atoms with van der Waals surface area (Å²) in [6.07, 6.45) is 3.33. The third-order valence-corrected chi connectivity index (χ3v) is 2.88. The summed E-state index contributed by atoms with van der Waals surface area (Å²) in [7, 11) is 0. The van der Waals surface area contributed by atoms with Crippen LogP contribution in [0.25, 0.3) is 0 Å². The smallest absolute Gasteiger partial charge is 0.188 e. The molecule has 2 heterocycles. The van der Waals surface area contributed by atoms with Crippen LogP contribution in [0.1, 0.15) is 10.4 Å². The van der Waals surface area contributed by atoms with Gasteiger partial charge in [0.05, 0.1) is 11.8 Å². The number of aromatic nitrogens is 3. The molecule has 0 unspecified atom stereocenters. The van der Waals surface area contributed by atoms with Crippen LogP contribution in [-0.4, -0.2) is 20.2 Å². The summed E-state index contributed by atoms with van der Waals surface area (Å²) in [5.74, 6) is 0.532. The largest absolute Gasteiger partial charge is 0.389 e. The van der Waals surface area contributed by atoms with Crippen LogP contribution < -0.4 is 11.1 Å². The average Bonchev–Trinajstić information content (AvgIpc) is 2.64. The van der Waals surface area contributed by atoms with Gasteiger partial charge in [0.25, 0.3) is 0 Å². The number of hydrogen-bond donors (Lipinski definition) is 2. The lowest BCUT2D eigenvalue weighted by molar-refractivity contribution is 1.03. The maximum Gasteiger partial charge on any atom is 0.188 e. The van der Waals surface area contributed by atoms with Crippen LogP contribution in [0, 0.1) is 6.92 Å². The molecule has 0 aliphatic heterocycles. The lowest BCUT2D eigenvalue weighted by Crippen LogP contribution is -2.13. The molecule has 0 aliphatic rings. The van der Waals surface area contributed by atoms with Crippen LogP contribution >= 0.6 is 23.6 Å². The molecular formula is C9H9N5S2. The van der Waals surface area contributed by atoms with Gasteiger partial charge in [-0.2, -0.15) is 5.10 Å². The highest BCUT2D eigenvalue weighted by Gasteiger charge is 2.08. The Kier molecular flexibility index (Phi) is 3.07. The monoisotopic (exact) mass is 251 g/mol. The van der Waals surface area contributed by atoms with E-state index in [0.29, 0.717) is 11.4 Å². The summed E-state index contributed by atoms with van der Waals surface area (Å²) < 4.78 is 0. The van der Waals surface area contributed by atoms with Gasteiger partial charge in [0.2, 0.25) is 0 Å². The van der Waals surface area contributed by atoms with Crippen molar-refractivity contribution in [2.24, 2.45) is 5.73 Å². The molecule has 0 aliphatic carbocycles. The Morgan fingerprint density at radius 3 is 3.00 bits per heavy atom. The number of anilines is 2. The molecule has 2 rings (SSSR count). The second-order valence-electron chi connectivity index (χ2n) is 3.06. The zero-order valence-corrected chi connectivity index (χ0v) is 10.1. The van der Waals surface area contributed by atoms with Crippen molar-refractivity contribution in [3.63, 3.8) is 0 Å². The van der Waals surface area contributed by atoms with Crippen LogP contribution in [-0.2, 0) is 0 Å². The number of thiocarbonyl (C=S) groups is 1. The van der Waals surface area contributed by atoms with Crippen molar-refractivity contribution in [2.45, 2.75) is 6.92 Å². The van der Waals surface area contributed by atoms with Gasteiger partial charge in [-0.3, -0.25) is 0 Å². The van der Waals surface area contributed by atoms with E-state index in [4.69, 9.17) is 18.0 Å². The molecule has 7 heteroatoms. The molecule has 0 radical (unpaired) electrons. The molecule has 5 nitrogen and oxygen atoms in total. The first-order valence-corrected chi connectivity index (χ1v) is 5.70. The SMILES string of the molecule is Cc1cnc(Nc2nnccc2C(N)=S)s1. The number of hydrogen-bond acceptors (Lipinski definition) is 6. The van der Waals surface area contributed by atoms with E-state index in [0.717, 1.165) is 10.0 Å². The molecule has 0 aromatic carbocycles. The maximum atomic E-state index is 5.58. The molecule has 82 valence electrons. The van der Waals surface area contributed by atoms with Crippen LogP contribution in [0.3, 0.4) is 0 Å². The maximum absolute atomic E-state index is 5.58. The Morgan fingerprint density at radius 2 is 2.38 bits per heavy atom. The minimum atomic E-state index is 0.283. The lowest BCUT2D eigenvalue weighted by Gasteiger charge is -2.05. The van der Waals surface area contributed by atoms with E-state index in [1.54, 1.807) is 18.5 Å². The Balaban J connectivity index is 2.31. The fourth-order valence-electron chi connectivity index (χ4n) is 1.14. The Labute approximate surface area is 102 Å². The number of rotatable bonds is 3. The van der Waals surface area contributed by atoms with Gasteiger partial charge in [-0.15, -0.1) is 16.4 Å². The zero-order chi connectivity index (χ0) is 11.5. The molecule has 0 bridgehead atoms. The fourth-order valence-corrected chi connectivity index (χ4v) is 1.96. The molecular weight excluding hydrogens is 242 g/mol. The van der Waals surface area contributed by atoms with Gasteiger partial charge < -0.3 is 11.1 Å². The van der Waals surface area contributed by atoms with Gasteiger partial charge in [0.15, 0.2) is 10.9 Å². The van der Waals surface area contributed by atoms with Crippen molar-refractivity contribution >= 4 is 39.5 Å². The lowest BCUT2D eigenvalue weighted by atomic mass is 10.3. The second-order valence-corrected chi connectivity index (χ2v) is 4.73. The van der Waals surface area contributed by atoms with E-state index in [1.165, 1.54) is 11.3 Å². The first-order chi connectivity index (χ1) is 7.66. The predicted octanol–water partition coefficient (Wildman–Crippen LogP) is 1.62. The number of aryl methyl sites for hydroxylation is 1. The van der Waals surface area contributed by atoms with Gasteiger partial charge in [-0.05, 0) is 13.0 Å². The highest BCUT2D eigenvalue weighted by molar-refractivity contribution is 7.80. The van der Waals surface area contributed by atoms with E-state index in [2.05, 4.69) is 20.5 Å². The number of nitrogens with one attached hydrogen (secondary N) is 1. The van der Waals surface area contributed by atoms with Gasteiger partial charge in [-0.25, -0.2) is 4.98 Å². The van der Waals surface area contributed by atoms with Crippen molar-refractivity contribution in [1.29, 1.82) is 0 Å². The minimum Gasteiger partial charge on any atom is -0.389 e.